The van der Waals surface area contributed by atoms with Crippen LogP contribution in [0.25, 0.3) is 11.4 Å². The molecule has 232 valence electrons. The third kappa shape index (κ3) is 10.2. The number of allylic oxidation sites excluding steroid dienone is 2. The van der Waals surface area contributed by atoms with Crippen molar-refractivity contribution >= 4 is 33.5 Å². The third-order valence-corrected chi connectivity index (χ3v) is 8.26. The standard InChI is InChI=1S/C14H16N4O4S.C14H16N4O2S/c1-11(10-13(19)22-2)8-9-23(20,21)14-15-16-17-18(14)12-6-4-3-5-7-12;1-11(10-13(19)20-2)8-9-21-14-15-16-17-18(14)12-6-4-3-5-7-12/h3-7,10H,8-9H2,1-2H3;3-7,10H,8-9H2,1-2H3/b2*11-10+. The number of rotatable bonds is 12. The van der Waals surface area contributed by atoms with Crippen LogP contribution in [0.4, 0.5) is 0 Å². The molecule has 4 rings (SSSR count). The minimum Gasteiger partial charge on any atom is -0.466 e. The van der Waals surface area contributed by atoms with Crippen LogP contribution in [0.3, 0.4) is 0 Å². The number of carbonyl (C=O) groups excluding carboxylic acids is 2. The fraction of sp³-hybridized carbons (Fsp3) is 0.286. The number of esters is 2. The van der Waals surface area contributed by atoms with Crippen LogP contribution < -0.4 is 0 Å². The Hall–Kier alpha value is -4.70. The second-order valence-electron chi connectivity index (χ2n) is 9.11. The maximum absolute atomic E-state index is 12.4. The van der Waals surface area contributed by atoms with Crippen LogP contribution in [0.1, 0.15) is 26.7 Å². The van der Waals surface area contributed by atoms with Gasteiger partial charge >= 0.3 is 11.9 Å². The van der Waals surface area contributed by atoms with E-state index in [4.69, 9.17) is 0 Å². The van der Waals surface area contributed by atoms with Crippen molar-refractivity contribution in [3.05, 3.63) is 84.0 Å². The van der Waals surface area contributed by atoms with Gasteiger partial charge in [0.05, 0.1) is 31.3 Å². The van der Waals surface area contributed by atoms with Crippen molar-refractivity contribution in [1.82, 2.24) is 40.4 Å². The van der Waals surface area contributed by atoms with Crippen LogP contribution >= 0.6 is 11.8 Å². The van der Waals surface area contributed by atoms with Crippen LogP contribution in [-0.4, -0.2) is 86.5 Å². The number of aromatic nitrogens is 8. The Morgan fingerprint density at radius 2 is 1.27 bits per heavy atom. The predicted octanol–water partition coefficient (Wildman–Crippen LogP) is 3.21. The van der Waals surface area contributed by atoms with Gasteiger partial charge in [-0.15, -0.1) is 5.10 Å². The number of ether oxygens (including phenoxy) is 2. The average molecular weight is 641 g/mol. The Bertz CT molecular complexity index is 1690. The maximum Gasteiger partial charge on any atom is 0.330 e. The van der Waals surface area contributed by atoms with Gasteiger partial charge in [-0.2, -0.15) is 9.36 Å². The zero-order valence-electron chi connectivity index (χ0n) is 24.6. The Kier molecular flexibility index (Phi) is 12.9. The summed E-state index contributed by atoms with van der Waals surface area (Å²) in [5, 5.41) is 23.0. The van der Waals surface area contributed by atoms with Crippen molar-refractivity contribution in [1.29, 1.82) is 0 Å². The number of nitrogens with zero attached hydrogens (tertiary/aromatic N) is 8. The Morgan fingerprint density at radius 3 is 1.84 bits per heavy atom. The molecule has 0 aliphatic carbocycles. The van der Waals surface area contributed by atoms with E-state index in [9.17, 15) is 18.0 Å². The highest BCUT2D eigenvalue weighted by molar-refractivity contribution is 7.99. The highest BCUT2D eigenvalue weighted by Crippen LogP contribution is 2.20. The molecule has 0 saturated heterocycles. The first-order chi connectivity index (χ1) is 21.1. The summed E-state index contributed by atoms with van der Waals surface area (Å²) in [6.07, 6.45) is 3.71. The monoisotopic (exact) mass is 640 g/mol. The SMILES string of the molecule is COC(=O)/C=C(\C)CCS(=O)(=O)c1nnnn1-c1ccccc1.COC(=O)/C=C(\C)CCSc1nnnn1-c1ccccc1. The number of benzene rings is 2. The summed E-state index contributed by atoms with van der Waals surface area (Å²) in [5.74, 6) is -0.271. The molecule has 0 fully saturated rings. The highest BCUT2D eigenvalue weighted by atomic mass is 32.2. The maximum atomic E-state index is 12.4. The third-order valence-electron chi connectivity index (χ3n) is 5.79. The van der Waals surface area contributed by atoms with Crippen LogP contribution in [0.15, 0.2) is 94.3 Å². The first kappa shape index (κ1) is 33.8. The fourth-order valence-electron chi connectivity index (χ4n) is 3.46. The molecule has 0 N–H and O–H groups in total. The van der Waals surface area contributed by atoms with Gasteiger partial charge in [0.2, 0.25) is 15.0 Å². The zero-order valence-corrected chi connectivity index (χ0v) is 26.2. The van der Waals surface area contributed by atoms with Gasteiger partial charge in [-0.25, -0.2) is 18.0 Å². The van der Waals surface area contributed by atoms with E-state index in [1.807, 2.05) is 43.3 Å². The van der Waals surface area contributed by atoms with Crippen molar-refractivity contribution < 1.29 is 27.5 Å². The minimum atomic E-state index is -3.70. The number of methoxy groups -OCH3 is 2. The molecule has 0 spiro atoms. The van der Waals surface area contributed by atoms with Gasteiger partial charge in [-0.05, 0) is 71.8 Å². The molecule has 0 saturated carbocycles. The van der Waals surface area contributed by atoms with E-state index in [1.54, 1.807) is 47.6 Å². The van der Waals surface area contributed by atoms with Crippen molar-refractivity contribution in [2.24, 2.45) is 0 Å². The minimum absolute atomic E-state index is 0.180. The molecule has 2 aromatic heterocycles. The average Bonchev–Trinajstić information content (AvgIpc) is 3.72. The first-order valence-corrected chi connectivity index (χ1v) is 15.8. The topological polar surface area (TPSA) is 174 Å². The molecule has 44 heavy (non-hydrogen) atoms. The lowest BCUT2D eigenvalue weighted by Gasteiger charge is -2.06. The van der Waals surface area contributed by atoms with Crippen molar-refractivity contribution in [3.63, 3.8) is 0 Å². The van der Waals surface area contributed by atoms with E-state index in [0.717, 1.165) is 28.6 Å². The molecular weight excluding hydrogens is 608 g/mol. The van der Waals surface area contributed by atoms with Gasteiger partial charge in [0.1, 0.15) is 0 Å². The summed E-state index contributed by atoms with van der Waals surface area (Å²) < 4.78 is 36.8. The van der Waals surface area contributed by atoms with E-state index in [1.165, 1.54) is 31.1 Å². The van der Waals surface area contributed by atoms with Gasteiger partial charge in [0, 0.05) is 17.9 Å². The lowest BCUT2D eigenvalue weighted by atomic mass is 10.2. The summed E-state index contributed by atoms with van der Waals surface area (Å²) in [6.45, 7) is 3.56. The number of carbonyl (C=O) groups is 2. The summed E-state index contributed by atoms with van der Waals surface area (Å²) in [7, 11) is -1.07. The van der Waals surface area contributed by atoms with Gasteiger partial charge in [-0.1, -0.05) is 64.4 Å². The number of hydrogen-bond acceptors (Lipinski definition) is 13. The summed E-state index contributed by atoms with van der Waals surface area (Å²) in [5.41, 5.74) is 3.04. The summed E-state index contributed by atoms with van der Waals surface area (Å²) >= 11 is 1.55. The molecule has 2 heterocycles. The van der Waals surface area contributed by atoms with Crippen LogP contribution in [-0.2, 0) is 28.9 Å². The second kappa shape index (κ2) is 16.8. The first-order valence-electron chi connectivity index (χ1n) is 13.2. The lowest BCUT2D eigenvalue weighted by molar-refractivity contribution is -0.135. The van der Waals surface area contributed by atoms with Crippen molar-refractivity contribution in [2.45, 2.75) is 37.0 Å². The molecule has 4 aromatic rings. The van der Waals surface area contributed by atoms with E-state index in [-0.39, 0.29) is 23.3 Å². The fourth-order valence-corrected chi connectivity index (χ4v) is 5.76. The molecule has 0 radical (unpaired) electrons. The molecule has 0 aliphatic rings. The van der Waals surface area contributed by atoms with Crippen molar-refractivity contribution in [3.8, 4) is 11.4 Å². The van der Waals surface area contributed by atoms with Crippen molar-refractivity contribution in [2.75, 3.05) is 25.7 Å². The molecule has 0 unspecified atom stereocenters. The van der Waals surface area contributed by atoms with Crippen LogP contribution in [0.2, 0.25) is 0 Å². The number of sulfone groups is 1. The summed E-state index contributed by atoms with van der Waals surface area (Å²) in [4.78, 5) is 22.2. The van der Waals surface area contributed by atoms with Gasteiger partial charge in [-0.3, -0.25) is 0 Å². The van der Waals surface area contributed by atoms with E-state index < -0.39 is 15.8 Å². The smallest absolute Gasteiger partial charge is 0.330 e. The molecular formula is C28H32N8O6S2. The number of tetrazole rings is 2. The zero-order chi connectivity index (χ0) is 32.0. The highest BCUT2D eigenvalue weighted by Gasteiger charge is 2.23. The van der Waals surface area contributed by atoms with E-state index >= 15 is 0 Å². The molecule has 14 nitrogen and oxygen atoms in total. The van der Waals surface area contributed by atoms with Gasteiger partial charge < -0.3 is 9.47 Å². The quantitative estimate of drug-likeness (QED) is 0.126. The molecule has 0 bridgehead atoms. The molecule has 0 amide bonds. The number of hydrogen-bond donors (Lipinski definition) is 0. The van der Waals surface area contributed by atoms with Gasteiger partial charge in [0.15, 0.2) is 0 Å². The molecule has 0 aliphatic heterocycles. The van der Waals surface area contributed by atoms with Gasteiger partial charge in [0.25, 0.3) is 5.16 Å². The largest absolute Gasteiger partial charge is 0.466 e. The second-order valence-corrected chi connectivity index (χ2v) is 12.2. The van der Waals surface area contributed by atoms with Crippen LogP contribution in [0, 0.1) is 0 Å². The lowest BCUT2D eigenvalue weighted by Crippen LogP contribution is -2.14. The predicted molar refractivity (Wildman–Crippen MR) is 162 cm³/mol. The van der Waals surface area contributed by atoms with E-state index in [2.05, 4.69) is 40.5 Å². The number of thioether (sulfide) groups is 1. The Labute approximate surface area is 259 Å². The number of para-hydroxylation sites is 2. The molecule has 2 aromatic carbocycles. The molecule has 16 heteroatoms. The normalized spacial score (nSPS) is 11.8. The Balaban J connectivity index is 0.000000241. The molecule has 0 atom stereocenters. The van der Waals surface area contributed by atoms with E-state index in [0.29, 0.717) is 11.3 Å². The Morgan fingerprint density at radius 1 is 0.773 bits per heavy atom. The summed E-state index contributed by atoms with van der Waals surface area (Å²) in [6, 6.07) is 18.5. The van der Waals surface area contributed by atoms with Crippen LogP contribution in [0.5, 0.6) is 0 Å².